The topological polar surface area (TPSA) is 84.9 Å². The number of nitrogens with one attached hydrogen (secondary N) is 2. The van der Waals surface area contributed by atoms with Crippen LogP contribution in [0, 0.1) is 0 Å². The van der Waals surface area contributed by atoms with E-state index >= 15 is 0 Å². The smallest absolute Gasteiger partial charge is 0.262 e. The molecule has 2 aliphatic heterocycles. The van der Waals surface area contributed by atoms with Crippen molar-refractivity contribution in [2.75, 3.05) is 23.3 Å². The maximum atomic E-state index is 13.3. The molecule has 1 aromatic rings. The molecule has 1 aromatic carbocycles. The molecule has 0 atom stereocenters. The summed E-state index contributed by atoms with van der Waals surface area (Å²) in [6.45, 7) is 1.21. The number of rotatable bonds is 5. The van der Waals surface area contributed by atoms with Gasteiger partial charge in [0.2, 0.25) is 5.91 Å². The van der Waals surface area contributed by atoms with Crippen LogP contribution in [0.5, 0.6) is 0 Å². The van der Waals surface area contributed by atoms with Crippen molar-refractivity contribution in [3.63, 3.8) is 0 Å². The predicted octanol–water partition coefficient (Wildman–Crippen LogP) is 1.98. The molecule has 1 aliphatic carbocycles. The van der Waals surface area contributed by atoms with Crippen molar-refractivity contribution in [3.8, 4) is 0 Å². The van der Waals surface area contributed by atoms with E-state index in [-0.39, 0.29) is 12.3 Å². The van der Waals surface area contributed by atoms with Crippen LogP contribution in [-0.2, 0) is 9.59 Å². The third-order valence-corrected chi connectivity index (χ3v) is 4.95. The van der Waals surface area contributed by atoms with Crippen LogP contribution in [-0.4, -0.2) is 41.1 Å². The number of amides is 2. The van der Waals surface area contributed by atoms with E-state index in [0.717, 1.165) is 36.6 Å². The number of benzene rings is 1. The van der Waals surface area contributed by atoms with Crippen LogP contribution >= 0.6 is 0 Å². The van der Waals surface area contributed by atoms with Crippen LogP contribution in [0.2, 0.25) is 0 Å². The monoisotopic (exact) mass is 354 g/mol. The fraction of sp³-hybridized carbons (Fsp3) is 0.368. The van der Waals surface area contributed by atoms with Gasteiger partial charge in [0, 0.05) is 25.6 Å². The Labute approximate surface area is 151 Å². The number of nitrogens with zero attached hydrogens (tertiary/aromatic N) is 2. The zero-order valence-corrected chi connectivity index (χ0v) is 14.4. The third kappa shape index (κ3) is 3.06. The molecule has 2 heterocycles. The van der Waals surface area contributed by atoms with Crippen molar-refractivity contribution < 1.29 is 14.8 Å². The summed E-state index contributed by atoms with van der Waals surface area (Å²) in [4.78, 5) is 28.6. The van der Waals surface area contributed by atoms with Gasteiger partial charge in [-0.15, -0.1) is 0 Å². The number of hydroxylamine groups is 1. The highest BCUT2D eigenvalue weighted by Crippen LogP contribution is 2.38. The lowest BCUT2D eigenvalue weighted by Gasteiger charge is -2.30. The summed E-state index contributed by atoms with van der Waals surface area (Å²) in [6.07, 6.45) is 6.86. The minimum absolute atomic E-state index is 0.0662. The normalized spacial score (nSPS) is 18.9. The molecule has 1 saturated carbocycles. The van der Waals surface area contributed by atoms with Crippen molar-refractivity contribution >= 4 is 23.2 Å². The standard InChI is InChI=1S/C19H22N4O3/c24-17(21-26)8-4-12-23-16-7-2-1-6-15(16)20-18-14(19(23)25)5-3-11-22(18)13-9-10-13/h1-3,5-7,13,20,26H,4,8-12H2,(H,21,24). The summed E-state index contributed by atoms with van der Waals surface area (Å²) in [5.74, 6) is 0.363. The number of hydrogen-bond donors (Lipinski definition) is 3. The summed E-state index contributed by atoms with van der Waals surface area (Å²) in [6, 6.07) is 8.22. The highest BCUT2D eigenvalue weighted by Gasteiger charge is 2.36. The van der Waals surface area contributed by atoms with Gasteiger partial charge in [0.25, 0.3) is 5.91 Å². The van der Waals surface area contributed by atoms with Gasteiger partial charge in [-0.3, -0.25) is 14.8 Å². The van der Waals surface area contributed by atoms with Crippen LogP contribution in [0.25, 0.3) is 0 Å². The Morgan fingerprint density at radius 1 is 1.31 bits per heavy atom. The molecule has 7 nitrogen and oxygen atoms in total. The molecule has 3 aliphatic rings. The lowest BCUT2D eigenvalue weighted by molar-refractivity contribution is -0.129. The van der Waals surface area contributed by atoms with E-state index in [1.165, 1.54) is 0 Å². The maximum Gasteiger partial charge on any atom is 0.262 e. The predicted molar refractivity (Wildman–Crippen MR) is 97.5 cm³/mol. The molecular weight excluding hydrogens is 332 g/mol. The van der Waals surface area contributed by atoms with Crippen molar-refractivity contribution in [2.45, 2.75) is 31.7 Å². The van der Waals surface area contributed by atoms with Crippen LogP contribution in [0.3, 0.4) is 0 Å². The highest BCUT2D eigenvalue weighted by atomic mass is 16.5. The molecule has 1 fully saturated rings. The van der Waals surface area contributed by atoms with Crippen molar-refractivity contribution in [1.82, 2.24) is 10.4 Å². The summed E-state index contributed by atoms with van der Waals surface area (Å²) in [7, 11) is 0. The Kier molecular flexibility index (Phi) is 4.38. The Morgan fingerprint density at radius 2 is 2.12 bits per heavy atom. The lowest BCUT2D eigenvalue weighted by atomic mass is 10.1. The molecule has 0 saturated heterocycles. The Balaban J connectivity index is 1.66. The maximum absolute atomic E-state index is 13.3. The van der Waals surface area contributed by atoms with E-state index in [1.807, 2.05) is 36.4 Å². The first-order chi connectivity index (χ1) is 12.7. The molecule has 26 heavy (non-hydrogen) atoms. The minimum atomic E-state index is -0.448. The number of hydrogen-bond acceptors (Lipinski definition) is 5. The molecule has 4 rings (SSSR count). The first-order valence-corrected chi connectivity index (χ1v) is 8.97. The molecule has 2 amide bonds. The number of carbonyl (C=O) groups excluding carboxylic acids is 2. The SMILES string of the molecule is O=C(CCCN1C(=O)C2=C(Nc3ccccc31)N(C1CC1)CC=C2)NO. The van der Waals surface area contributed by atoms with Gasteiger partial charge in [-0.2, -0.15) is 0 Å². The number of para-hydroxylation sites is 2. The first-order valence-electron chi connectivity index (χ1n) is 8.97. The quantitative estimate of drug-likeness (QED) is 0.556. The fourth-order valence-electron chi connectivity index (χ4n) is 3.51. The largest absolute Gasteiger partial charge is 0.351 e. The van der Waals surface area contributed by atoms with Gasteiger partial charge in [0.15, 0.2) is 0 Å². The van der Waals surface area contributed by atoms with Crippen molar-refractivity contribution in [3.05, 3.63) is 47.8 Å². The van der Waals surface area contributed by atoms with E-state index in [2.05, 4.69) is 10.2 Å². The Morgan fingerprint density at radius 3 is 2.88 bits per heavy atom. The average molecular weight is 354 g/mol. The lowest BCUT2D eigenvalue weighted by Crippen LogP contribution is -2.37. The number of carbonyl (C=O) groups is 2. The van der Waals surface area contributed by atoms with Crippen molar-refractivity contribution in [2.24, 2.45) is 0 Å². The summed E-state index contributed by atoms with van der Waals surface area (Å²) >= 11 is 0. The van der Waals surface area contributed by atoms with E-state index in [4.69, 9.17) is 5.21 Å². The highest BCUT2D eigenvalue weighted by molar-refractivity contribution is 6.11. The van der Waals surface area contributed by atoms with Gasteiger partial charge in [-0.05, 0) is 37.5 Å². The third-order valence-electron chi connectivity index (χ3n) is 4.95. The van der Waals surface area contributed by atoms with Gasteiger partial charge in [0.1, 0.15) is 5.82 Å². The molecule has 7 heteroatoms. The van der Waals surface area contributed by atoms with E-state index in [1.54, 1.807) is 10.4 Å². The van der Waals surface area contributed by atoms with Crippen LogP contribution in [0.4, 0.5) is 11.4 Å². The van der Waals surface area contributed by atoms with Gasteiger partial charge in [0.05, 0.1) is 16.9 Å². The zero-order chi connectivity index (χ0) is 18.1. The van der Waals surface area contributed by atoms with Crippen LogP contribution in [0.1, 0.15) is 25.7 Å². The fourth-order valence-corrected chi connectivity index (χ4v) is 3.51. The van der Waals surface area contributed by atoms with E-state index < -0.39 is 5.91 Å². The van der Waals surface area contributed by atoms with Crippen LogP contribution < -0.4 is 15.7 Å². The molecule has 0 aromatic heterocycles. The van der Waals surface area contributed by atoms with E-state index in [0.29, 0.717) is 24.6 Å². The van der Waals surface area contributed by atoms with Gasteiger partial charge >= 0.3 is 0 Å². The summed E-state index contributed by atoms with van der Waals surface area (Å²) in [5, 5.41) is 12.1. The summed E-state index contributed by atoms with van der Waals surface area (Å²) < 4.78 is 0. The van der Waals surface area contributed by atoms with Gasteiger partial charge in [-0.1, -0.05) is 18.2 Å². The van der Waals surface area contributed by atoms with E-state index in [9.17, 15) is 9.59 Å². The molecule has 0 spiro atoms. The molecule has 0 bridgehead atoms. The molecule has 0 unspecified atom stereocenters. The van der Waals surface area contributed by atoms with Gasteiger partial charge < -0.3 is 15.1 Å². The number of fused-ring (bicyclic) bond motifs is 1. The average Bonchev–Trinajstić information content (AvgIpc) is 3.50. The second kappa shape index (κ2) is 6.84. The molecule has 0 radical (unpaired) electrons. The molecule has 136 valence electrons. The Bertz CT molecular complexity index is 798. The molecular formula is C19H22N4O3. The second-order valence-corrected chi connectivity index (χ2v) is 6.79. The number of anilines is 2. The molecule has 3 N–H and O–H groups in total. The summed E-state index contributed by atoms with van der Waals surface area (Å²) in [5.41, 5.74) is 3.99. The zero-order valence-electron chi connectivity index (χ0n) is 14.4. The minimum Gasteiger partial charge on any atom is -0.351 e. The first kappa shape index (κ1) is 16.7. The van der Waals surface area contributed by atoms with Crippen LogP contribution in [0.15, 0.2) is 47.8 Å². The Hall–Kier alpha value is -2.80. The van der Waals surface area contributed by atoms with Gasteiger partial charge in [-0.25, -0.2) is 5.48 Å². The van der Waals surface area contributed by atoms with Crippen molar-refractivity contribution in [1.29, 1.82) is 0 Å². The second-order valence-electron chi connectivity index (χ2n) is 6.79.